The largest absolute Gasteiger partial charge is 0.317 e. The van der Waals surface area contributed by atoms with Crippen LogP contribution < -0.4 is 0 Å². The summed E-state index contributed by atoms with van der Waals surface area (Å²) in [6, 6.07) is 3.76. The van der Waals surface area contributed by atoms with Crippen LogP contribution in [0.15, 0.2) is 24.5 Å². The molecule has 2 rings (SSSR count). The molecular formula is C11H6F3N3. The van der Waals surface area contributed by atoms with Crippen LogP contribution in [-0.2, 0) is 6.54 Å². The van der Waals surface area contributed by atoms with Crippen molar-refractivity contribution in [1.82, 2.24) is 9.55 Å². The summed E-state index contributed by atoms with van der Waals surface area (Å²) in [5, 5.41) is 8.55. The number of imidazole rings is 1. The van der Waals surface area contributed by atoms with E-state index in [2.05, 4.69) is 4.98 Å². The lowest BCUT2D eigenvalue weighted by Crippen LogP contribution is -2.01. The predicted molar refractivity (Wildman–Crippen MR) is 53.1 cm³/mol. The van der Waals surface area contributed by atoms with E-state index in [1.165, 1.54) is 17.0 Å². The van der Waals surface area contributed by atoms with Crippen LogP contribution in [0.5, 0.6) is 0 Å². The molecule has 0 saturated heterocycles. The summed E-state index contributed by atoms with van der Waals surface area (Å²) < 4.78 is 40.6. The molecule has 0 unspecified atom stereocenters. The van der Waals surface area contributed by atoms with E-state index in [4.69, 9.17) is 5.26 Å². The second kappa shape index (κ2) is 4.29. The van der Waals surface area contributed by atoms with E-state index in [0.717, 1.165) is 12.1 Å². The third kappa shape index (κ3) is 1.87. The molecule has 0 radical (unpaired) electrons. The lowest BCUT2D eigenvalue weighted by atomic mass is 10.2. The number of halogens is 3. The molecule has 0 N–H and O–H groups in total. The Morgan fingerprint density at radius 2 is 2.00 bits per heavy atom. The minimum Gasteiger partial charge on any atom is -0.317 e. The van der Waals surface area contributed by atoms with Crippen LogP contribution in [0.4, 0.5) is 13.2 Å². The van der Waals surface area contributed by atoms with Gasteiger partial charge in [-0.15, -0.1) is 0 Å². The standard InChI is InChI=1S/C11H6F3N3/c12-8-2-1-7(9(13)10(8)14)11-16-4-6-17(11)5-3-15/h1-2,4,6H,5H2. The van der Waals surface area contributed by atoms with Crippen LogP contribution in [0, 0.1) is 28.8 Å². The first kappa shape index (κ1) is 11.2. The van der Waals surface area contributed by atoms with E-state index in [1.54, 1.807) is 0 Å². The highest BCUT2D eigenvalue weighted by molar-refractivity contribution is 5.56. The Hall–Kier alpha value is -2.29. The fraction of sp³-hybridized carbons (Fsp3) is 0.0909. The first-order valence-electron chi connectivity index (χ1n) is 4.67. The Balaban J connectivity index is 2.58. The van der Waals surface area contributed by atoms with Crippen LogP contribution in [0.25, 0.3) is 11.4 Å². The van der Waals surface area contributed by atoms with Gasteiger partial charge in [0.1, 0.15) is 12.4 Å². The van der Waals surface area contributed by atoms with Gasteiger partial charge in [-0.3, -0.25) is 0 Å². The van der Waals surface area contributed by atoms with E-state index in [9.17, 15) is 13.2 Å². The molecule has 17 heavy (non-hydrogen) atoms. The summed E-state index contributed by atoms with van der Waals surface area (Å²) in [5.74, 6) is -4.03. The quantitative estimate of drug-likeness (QED) is 0.753. The minimum absolute atomic E-state index is 0.0478. The van der Waals surface area contributed by atoms with Gasteiger partial charge in [0.2, 0.25) is 0 Å². The summed E-state index contributed by atoms with van der Waals surface area (Å²) in [5.41, 5.74) is -0.177. The zero-order chi connectivity index (χ0) is 12.4. The molecule has 6 heteroatoms. The van der Waals surface area contributed by atoms with Gasteiger partial charge in [-0.1, -0.05) is 0 Å². The van der Waals surface area contributed by atoms with Gasteiger partial charge < -0.3 is 4.57 Å². The van der Waals surface area contributed by atoms with Gasteiger partial charge in [-0.25, -0.2) is 18.2 Å². The van der Waals surface area contributed by atoms with Gasteiger partial charge in [0.05, 0.1) is 11.6 Å². The Morgan fingerprint density at radius 3 is 2.71 bits per heavy atom. The Bertz CT molecular complexity index is 598. The Morgan fingerprint density at radius 1 is 1.24 bits per heavy atom. The maximum atomic E-state index is 13.5. The van der Waals surface area contributed by atoms with Crippen molar-refractivity contribution in [2.24, 2.45) is 0 Å². The Labute approximate surface area is 94.7 Å². The van der Waals surface area contributed by atoms with Gasteiger partial charge in [0, 0.05) is 12.4 Å². The number of rotatable bonds is 2. The fourth-order valence-corrected chi connectivity index (χ4v) is 1.46. The van der Waals surface area contributed by atoms with E-state index < -0.39 is 17.5 Å². The molecule has 1 heterocycles. The first-order valence-corrected chi connectivity index (χ1v) is 4.67. The molecule has 1 aromatic heterocycles. The molecule has 0 aliphatic heterocycles. The molecule has 0 fully saturated rings. The SMILES string of the molecule is N#CCn1ccnc1-c1ccc(F)c(F)c1F. The van der Waals surface area contributed by atoms with E-state index in [-0.39, 0.29) is 17.9 Å². The highest BCUT2D eigenvalue weighted by Gasteiger charge is 2.17. The molecular weight excluding hydrogens is 231 g/mol. The summed E-state index contributed by atoms with van der Waals surface area (Å²) in [7, 11) is 0. The van der Waals surface area contributed by atoms with Crippen molar-refractivity contribution in [1.29, 1.82) is 5.26 Å². The first-order chi connectivity index (χ1) is 8.15. The predicted octanol–water partition coefficient (Wildman–Crippen LogP) is 2.49. The zero-order valence-electron chi connectivity index (χ0n) is 8.49. The van der Waals surface area contributed by atoms with Crippen molar-refractivity contribution in [2.75, 3.05) is 0 Å². The van der Waals surface area contributed by atoms with Crippen LogP contribution in [-0.4, -0.2) is 9.55 Å². The van der Waals surface area contributed by atoms with Crippen molar-refractivity contribution in [3.8, 4) is 17.5 Å². The van der Waals surface area contributed by atoms with Gasteiger partial charge in [-0.2, -0.15) is 5.26 Å². The topological polar surface area (TPSA) is 41.6 Å². The highest BCUT2D eigenvalue weighted by atomic mass is 19.2. The maximum Gasteiger partial charge on any atom is 0.195 e. The van der Waals surface area contributed by atoms with Crippen LogP contribution in [0.3, 0.4) is 0 Å². The van der Waals surface area contributed by atoms with E-state index in [0.29, 0.717) is 0 Å². The molecule has 0 atom stereocenters. The zero-order valence-corrected chi connectivity index (χ0v) is 8.49. The van der Waals surface area contributed by atoms with Crippen molar-refractivity contribution >= 4 is 0 Å². The summed E-state index contributed by atoms with van der Waals surface area (Å²) in [6.07, 6.45) is 2.81. The average molecular weight is 237 g/mol. The molecule has 0 saturated carbocycles. The second-order valence-electron chi connectivity index (χ2n) is 3.26. The molecule has 0 spiro atoms. The highest BCUT2D eigenvalue weighted by Crippen LogP contribution is 2.24. The molecule has 1 aromatic carbocycles. The lowest BCUT2D eigenvalue weighted by molar-refractivity contribution is 0.448. The minimum atomic E-state index is -1.55. The molecule has 0 aliphatic rings. The molecule has 2 aromatic rings. The number of aromatic nitrogens is 2. The molecule has 3 nitrogen and oxygen atoms in total. The fourth-order valence-electron chi connectivity index (χ4n) is 1.46. The van der Waals surface area contributed by atoms with Gasteiger partial charge in [0.15, 0.2) is 17.5 Å². The molecule has 0 amide bonds. The molecule has 0 aliphatic carbocycles. The summed E-state index contributed by atoms with van der Waals surface area (Å²) in [6.45, 7) is -0.0478. The van der Waals surface area contributed by atoms with Gasteiger partial charge in [-0.05, 0) is 12.1 Å². The van der Waals surface area contributed by atoms with Crippen molar-refractivity contribution in [3.05, 3.63) is 42.0 Å². The molecule has 0 bridgehead atoms. The van der Waals surface area contributed by atoms with Crippen LogP contribution >= 0.6 is 0 Å². The number of nitrogens with zero attached hydrogens (tertiary/aromatic N) is 3. The third-order valence-corrected chi connectivity index (χ3v) is 2.23. The molecule has 86 valence electrons. The van der Waals surface area contributed by atoms with Crippen molar-refractivity contribution in [3.63, 3.8) is 0 Å². The summed E-state index contributed by atoms with van der Waals surface area (Å²) in [4.78, 5) is 3.82. The monoisotopic (exact) mass is 237 g/mol. The second-order valence-corrected chi connectivity index (χ2v) is 3.26. The van der Waals surface area contributed by atoms with Gasteiger partial charge in [0.25, 0.3) is 0 Å². The van der Waals surface area contributed by atoms with Crippen molar-refractivity contribution < 1.29 is 13.2 Å². The smallest absolute Gasteiger partial charge is 0.195 e. The number of nitriles is 1. The Kier molecular flexibility index (Phi) is 2.83. The van der Waals surface area contributed by atoms with Crippen LogP contribution in [0.2, 0.25) is 0 Å². The summed E-state index contributed by atoms with van der Waals surface area (Å²) >= 11 is 0. The normalized spacial score (nSPS) is 10.2. The third-order valence-electron chi connectivity index (χ3n) is 2.23. The number of hydrogen-bond acceptors (Lipinski definition) is 2. The lowest BCUT2D eigenvalue weighted by Gasteiger charge is -2.05. The average Bonchev–Trinajstić information content (AvgIpc) is 2.75. The van der Waals surface area contributed by atoms with E-state index in [1.807, 2.05) is 6.07 Å². The van der Waals surface area contributed by atoms with E-state index >= 15 is 0 Å². The van der Waals surface area contributed by atoms with Crippen LogP contribution in [0.1, 0.15) is 0 Å². The maximum absolute atomic E-state index is 13.5. The number of benzene rings is 1. The van der Waals surface area contributed by atoms with Crippen molar-refractivity contribution in [2.45, 2.75) is 6.54 Å². The van der Waals surface area contributed by atoms with Gasteiger partial charge >= 0.3 is 0 Å². The number of hydrogen-bond donors (Lipinski definition) is 0.